The Hall–Kier alpha value is -3.93. The number of halogens is 1. The highest BCUT2D eigenvalue weighted by molar-refractivity contribution is 5.65. The first-order chi connectivity index (χ1) is 15.6. The second kappa shape index (κ2) is 8.30. The van der Waals surface area contributed by atoms with Crippen molar-refractivity contribution in [2.24, 2.45) is 0 Å². The number of imidazole rings is 1. The minimum Gasteiger partial charge on any atom is -0.297 e. The Morgan fingerprint density at radius 2 is 1.75 bits per heavy atom. The summed E-state index contributed by atoms with van der Waals surface area (Å²) in [6, 6.07) is 12.8. The first kappa shape index (κ1) is 20.0. The second-order valence-corrected chi connectivity index (χ2v) is 7.92. The van der Waals surface area contributed by atoms with E-state index in [4.69, 9.17) is 4.98 Å². The topological polar surface area (TPSA) is 56.0 Å². The average molecular weight is 423 g/mol. The molecule has 0 N–H and O–H groups in total. The summed E-state index contributed by atoms with van der Waals surface area (Å²) >= 11 is 0. The smallest absolute Gasteiger partial charge is 0.159 e. The number of hydrogen-bond acceptors (Lipinski definition) is 4. The first-order valence-corrected chi connectivity index (χ1v) is 10.5. The van der Waals surface area contributed by atoms with E-state index in [9.17, 15) is 4.39 Å². The highest BCUT2D eigenvalue weighted by Crippen LogP contribution is 2.24. The lowest BCUT2D eigenvalue weighted by molar-refractivity contribution is 0.628. The number of aromatic nitrogens is 5. The molecule has 0 aliphatic carbocycles. The van der Waals surface area contributed by atoms with Gasteiger partial charge in [0, 0.05) is 41.6 Å². The number of aryl methyl sites for hydroxylation is 4. The SMILES string of the molecule is Cc1cc(-c2ncc(CCc3nccn4c(-c5cccc(F)c5)cnc34)cc2C)ccn1. The maximum atomic E-state index is 13.7. The van der Waals surface area contributed by atoms with Crippen molar-refractivity contribution in [3.63, 3.8) is 0 Å². The molecular formula is C26H22FN5. The average Bonchev–Trinajstić information content (AvgIpc) is 3.22. The van der Waals surface area contributed by atoms with Crippen molar-refractivity contribution in [1.29, 1.82) is 0 Å². The van der Waals surface area contributed by atoms with Crippen LogP contribution in [0.4, 0.5) is 4.39 Å². The molecular weight excluding hydrogens is 401 g/mol. The van der Waals surface area contributed by atoms with Crippen molar-refractivity contribution in [1.82, 2.24) is 24.3 Å². The van der Waals surface area contributed by atoms with Crippen LogP contribution in [-0.2, 0) is 12.8 Å². The molecule has 0 bridgehead atoms. The maximum absolute atomic E-state index is 13.7. The van der Waals surface area contributed by atoms with Crippen LogP contribution in [0.15, 0.2) is 73.4 Å². The minimum absolute atomic E-state index is 0.264. The van der Waals surface area contributed by atoms with Crippen molar-refractivity contribution in [2.45, 2.75) is 26.7 Å². The van der Waals surface area contributed by atoms with Gasteiger partial charge in [-0.3, -0.25) is 19.4 Å². The summed E-state index contributed by atoms with van der Waals surface area (Å²) in [6.45, 7) is 4.07. The van der Waals surface area contributed by atoms with E-state index in [2.05, 4.69) is 27.9 Å². The fourth-order valence-corrected chi connectivity index (χ4v) is 4.04. The summed E-state index contributed by atoms with van der Waals surface area (Å²) in [5, 5.41) is 0. The molecule has 0 saturated carbocycles. The molecule has 6 heteroatoms. The van der Waals surface area contributed by atoms with Crippen LogP contribution in [0.3, 0.4) is 0 Å². The van der Waals surface area contributed by atoms with Crippen LogP contribution in [0.25, 0.3) is 28.2 Å². The number of pyridine rings is 2. The van der Waals surface area contributed by atoms with Crippen LogP contribution in [0, 0.1) is 19.7 Å². The van der Waals surface area contributed by atoms with Crippen molar-refractivity contribution in [3.8, 4) is 22.5 Å². The van der Waals surface area contributed by atoms with E-state index >= 15 is 0 Å². The van der Waals surface area contributed by atoms with Crippen LogP contribution in [0.2, 0.25) is 0 Å². The van der Waals surface area contributed by atoms with Crippen LogP contribution in [0.1, 0.15) is 22.5 Å². The van der Waals surface area contributed by atoms with E-state index in [1.807, 2.05) is 48.1 Å². The number of hydrogen-bond donors (Lipinski definition) is 0. The Bertz CT molecular complexity index is 1420. The van der Waals surface area contributed by atoms with Crippen LogP contribution in [0.5, 0.6) is 0 Å². The first-order valence-electron chi connectivity index (χ1n) is 10.5. The van der Waals surface area contributed by atoms with E-state index in [1.165, 1.54) is 12.1 Å². The van der Waals surface area contributed by atoms with Gasteiger partial charge in [0.25, 0.3) is 0 Å². The molecule has 1 aromatic carbocycles. The Morgan fingerprint density at radius 1 is 0.844 bits per heavy atom. The number of nitrogens with zero attached hydrogens (tertiary/aromatic N) is 5. The van der Waals surface area contributed by atoms with Gasteiger partial charge in [-0.25, -0.2) is 9.37 Å². The molecule has 32 heavy (non-hydrogen) atoms. The lowest BCUT2D eigenvalue weighted by Crippen LogP contribution is -2.01. The summed E-state index contributed by atoms with van der Waals surface area (Å²) in [5.41, 5.74) is 8.65. The number of benzene rings is 1. The molecule has 4 aromatic heterocycles. The summed E-state index contributed by atoms with van der Waals surface area (Å²) in [5.74, 6) is -0.264. The normalized spacial score (nSPS) is 11.2. The largest absolute Gasteiger partial charge is 0.297 e. The molecule has 4 heterocycles. The van der Waals surface area contributed by atoms with Crippen molar-refractivity contribution in [2.75, 3.05) is 0 Å². The maximum Gasteiger partial charge on any atom is 0.159 e. The lowest BCUT2D eigenvalue weighted by atomic mass is 10.0. The summed E-state index contributed by atoms with van der Waals surface area (Å²) in [7, 11) is 0. The molecule has 0 aliphatic rings. The fraction of sp³-hybridized carbons (Fsp3) is 0.154. The van der Waals surface area contributed by atoms with Crippen molar-refractivity contribution >= 4 is 5.65 Å². The van der Waals surface area contributed by atoms with Gasteiger partial charge in [-0.15, -0.1) is 0 Å². The fourth-order valence-electron chi connectivity index (χ4n) is 4.04. The van der Waals surface area contributed by atoms with Crippen molar-refractivity contribution in [3.05, 3.63) is 102 Å². The molecule has 0 atom stereocenters. The molecule has 5 aromatic rings. The van der Waals surface area contributed by atoms with Crippen LogP contribution in [-0.4, -0.2) is 24.3 Å². The second-order valence-electron chi connectivity index (χ2n) is 7.92. The van der Waals surface area contributed by atoms with E-state index in [0.717, 1.165) is 63.5 Å². The zero-order valence-electron chi connectivity index (χ0n) is 18.0. The zero-order chi connectivity index (χ0) is 22.1. The molecule has 5 rings (SSSR count). The van der Waals surface area contributed by atoms with Gasteiger partial charge in [-0.2, -0.15) is 0 Å². The number of fused-ring (bicyclic) bond motifs is 1. The summed E-state index contributed by atoms with van der Waals surface area (Å²) in [4.78, 5) is 18.1. The Morgan fingerprint density at radius 3 is 2.56 bits per heavy atom. The van der Waals surface area contributed by atoms with Gasteiger partial charge in [0.2, 0.25) is 0 Å². The van der Waals surface area contributed by atoms with E-state index in [0.29, 0.717) is 0 Å². The van der Waals surface area contributed by atoms with Gasteiger partial charge in [-0.05, 0) is 62.1 Å². The molecule has 0 spiro atoms. The third-order valence-corrected chi connectivity index (χ3v) is 5.58. The molecule has 0 amide bonds. The highest BCUT2D eigenvalue weighted by Gasteiger charge is 2.12. The van der Waals surface area contributed by atoms with Gasteiger partial charge < -0.3 is 0 Å². The molecule has 0 saturated heterocycles. The summed E-state index contributed by atoms with van der Waals surface area (Å²) < 4.78 is 15.7. The van der Waals surface area contributed by atoms with Gasteiger partial charge >= 0.3 is 0 Å². The van der Waals surface area contributed by atoms with Gasteiger partial charge in [0.1, 0.15) is 5.82 Å². The predicted octanol–water partition coefficient (Wildman–Crippen LogP) is 5.39. The third kappa shape index (κ3) is 3.87. The molecule has 0 fully saturated rings. The standard InChI is InChI=1S/C26H22FN5/c1-17-12-19(15-30-25(17)21-8-9-28-18(2)13-21)6-7-23-26-31-16-24(32(26)11-10-29-23)20-4-3-5-22(27)14-20/h3-5,8-16H,6-7H2,1-2H3. The molecule has 5 nitrogen and oxygen atoms in total. The minimum atomic E-state index is -0.264. The van der Waals surface area contributed by atoms with Crippen LogP contribution < -0.4 is 0 Å². The quantitative estimate of drug-likeness (QED) is 0.380. The molecule has 0 radical (unpaired) electrons. The van der Waals surface area contributed by atoms with Crippen molar-refractivity contribution < 1.29 is 4.39 Å². The van der Waals surface area contributed by atoms with E-state index in [1.54, 1.807) is 18.5 Å². The highest BCUT2D eigenvalue weighted by atomic mass is 19.1. The third-order valence-electron chi connectivity index (χ3n) is 5.58. The monoisotopic (exact) mass is 423 g/mol. The van der Waals surface area contributed by atoms with Crippen LogP contribution >= 0.6 is 0 Å². The van der Waals surface area contributed by atoms with Gasteiger partial charge in [0.05, 0.1) is 23.3 Å². The Kier molecular flexibility index (Phi) is 5.19. The lowest BCUT2D eigenvalue weighted by Gasteiger charge is -2.09. The van der Waals surface area contributed by atoms with Gasteiger partial charge in [-0.1, -0.05) is 18.2 Å². The zero-order valence-corrected chi connectivity index (χ0v) is 18.0. The van der Waals surface area contributed by atoms with E-state index < -0.39 is 0 Å². The number of rotatable bonds is 5. The summed E-state index contributed by atoms with van der Waals surface area (Å²) in [6.07, 6.45) is 10.7. The Labute approximate surface area is 185 Å². The van der Waals surface area contributed by atoms with E-state index in [-0.39, 0.29) is 5.82 Å². The van der Waals surface area contributed by atoms with Gasteiger partial charge in [0.15, 0.2) is 5.65 Å². The molecule has 158 valence electrons. The molecule has 0 unspecified atom stereocenters. The Balaban J connectivity index is 1.39. The predicted molar refractivity (Wildman–Crippen MR) is 123 cm³/mol. The molecule has 0 aliphatic heterocycles.